The highest BCUT2D eigenvalue weighted by molar-refractivity contribution is 6.11. The summed E-state index contributed by atoms with van der Waals surface area (Å²) in [6, 6.07) is 104. The van der Waals surface area contributed by atoms with Crippen LogP contribution >= 0.6 is 0 Å². The second-order valence-corrected chi connectivity index (χ2v) is 18.1. The zero-order chi connectivity index (χ0) is 46.4. The third kappa shape index (κ3) is 6.66. The number of para-hydroxylation sites is 5. The summed E-state index contributed by atoms with van der Waals surface area (Å²) in [5, 5.41) is 2.41. The van der Waals surface area contributed by atoms with Crippen molar-refractivity contribution in [2.24, 2.45) is 0 Å². The van der Waals surface area contributed by atoms with Gasteiger partial charge in [-0.2, -0.15) is 0 Å². The van der Waals surface area contributed by atoms with Crippen molar-refractivity contribution in [3.8, 4) is 27.9 Å². The normalized spacial score (nSPS) is 12.7. The first kappa shape index (κ1) is 41.0. The monoisotopic (exact) mass is 893 g/mol. The summed E-state index contributed by atoms with van der Waals surface area (Å²) < 4.78 is 2.38. The molecule has 0 radical (unpaired) electrons. The average molecular weight is 894 g/mol. The molecular formula is C67H47N3. The highest BCUT2D eigenvalue weighted by Gasteiger charge is 2.46. The lowest BCUT2D eigenvalue weighted by molar-refractivity contribution is 0.731. The molecule has 12 aromatic rings. The number of anilines is 6. The van der Waals surface area contributed by atoms with Gasteiger partial charge in [0.25, 0.3) is 0 Å². The quantitative estimate of drug-likeness (QED) is 0.143. The Morgan fingerprint density at radius 2 is 0.829 bits per heavy atom. The van der Waals surface area contributed by atoms with Gasteiger partial charge in [-0.25, -0.2) is 0 Å². The van der Waals surface area contributed by atoms with Crippen molar-refractivity contribution < 1.29 is 0 Å². The van der Waals surface area contributed by atoms with E-state index in [1.807, 2.05) is 0 Å². The lowest BCUT2D eigenvalue weighted by Gasteiger charge is -2.46. The molecule has 2 heterocycles. The number of benzene rings is 11. The van der Waals surface area contributed by atoms with Gasteiger partial charge >= 0.3 is 0 Å². The van der Waals surface area contributed by atoms with Gasteiger partial charge in [-0.15, -0.1) is 0 Å². The Bertz CT molecular complexity index is 3770. The van der Waals surface area contributed by atoms with Crippen molar-refractivity contribution >= 4 is 55.9 Å². The van der Waals surface area contributed by atoms with Gasteiger partial charge in [0.2, 0.25) is 0 Å². The molecule has 0 atom stereocenters. The zero-order valence-electron chi connectivity index (χ0n) is 38.5. The van der Waals surface area contributed by atoms with Crippen molar-refractivity contribution in [1.82, 2.24) is 4.57 Å². The Kier molecular flexibility index (Phi) is 10.1. The summed E-state index contributed by atoms with van der Waals surface area (Å²) in [6.07, 6.45) is 0. The molecule has 0 spiro atoms. The smallest absolute Gasteiger partial charge is 0.0742 e. The Morgan fingerprint density at radius 3 is 1.54 bits per heavy atom. The minimum Gasteiger partial charge on any atom is -0.310 e. The van der Waals surface area contributed by atoms with Crippen molar-refractivity contribution in [3.63, 3.8) is 0 Å². The van der Waals surface area contributed by atoms with Crippen LogP contribution in [0.5, 0.6) is 0 Å². The first-order valence-electron chi connectivity index (χ1n) is 24.1. The molecule has 0 aliphatic carbocycles. The van der Waals surface area contributed by atoms with Crippen molar-refractivity contribution in [2.45, 2.75) is 5.41 Å². The second-order valence-electron chi connectivity index (χ2n) is 18.1. The molecule has 3 nitrogen and oxygen atoms in total. The Hall–Kier alpha value is -9.18. The number of nitrogens with zero attached hydrogens (tertiary/aromatic N) is 3. The molecule has 1 aliphatic heterocycles. The Labute approximate surface area is 409 Å². The van der Waals surface area contributed by atoms with E-state index < -0.39 is 5.41 Å². The molecule has 11 aromatic carbocycles. The summed E-state index contributed by atoms with van der Waals surface area (Å²) in [7, 11) is 0. The molecule has 3 heteroatoms. The van der Waals surface area contributed by atoms with Crippen LogP contribution in [0.4, 0.5) is 34.1 Å². The van der Waals surface area contributed by atoms with Crippen molar-refractivity contribution in [1.29, 1.82) is 0 Å². The first-order valence-corrected chi connectivity index (χ1v) is 24.1. The molecule has 0 bridgehead atoms. The largest absolute Gasteiger partial charge is 0.310 e. The molecular weight excluding hydrogens is 847 g/mol. The van der Waals surface area contributed by atoms with Gasteiger partial charge in [0.05, 0.1) is 33.5 Å². The minimum atomic E-state index is -0.599. The summed E-state index contributed by atoms with van der Waals surface area (Å²) in [6.45, 7) is 0. The lowest BCUT2D eigenvalue weighted by atomic mass is 9.62. The van der Waals surface area contributed by atoms with Crippen LogP contribution in [-0.2, 0) is 5.41 Å². The standard InChI is InChI=1S/C67H47N3/c1-6-22-48(23-7-1)49-38-41-55(42-39-49)68(56-43-45-64-59(47-56)58-33-17-20-36-63(58)69(64)53-28-12-4-13-29-53)62-35-19-16-32-57(62)50-40-44-61-66(46-50)70(54-30-14-5-15-31-54)65-37-21-18-34-60(65)67(61,51-24-8-2-9-25-51)52-26-10-3-11-27-52/h1-47H. The molecule has 0 unspecified atom stereocenters. The molecule has 1 aliphatic rings. The maximum absolute atomic E-state index is 2.47. The molecule has 0 N–H and O–H groups in total. The van der Waals surface area contributed by atoms with Crippen LogP contribution in [0.3, 0.4) is 0 Å². The zero-order valence-corrected chi connectivity index (χ0v) is 38.5. The third-order valence-corrected chi connectivity index (χ3v) is 14.2. The minimum absolute atomic E-state index is 0.599. The summed E-state index contributed by atoms with van der Waals surface area (Å²) >= 11 is 0. The second kappa shape index (κ2) is 17.2. The Morgan fingerprint density at radius 1 is 0.314 bits per heavy atom. The first-order chi connectivity index (χ1) is 34.8. The molecule has 0 saturated carbocycles. The molecule has 0 fully saturated rings. The highest BCUT2D eigenvalue weighted by Crippen LogP contribution is 2.58. The van der Waals surface area contributed by atoms with Gasteiger partial charge in [0, 0.05) is 39.1 Å². The number of aromatic nitrogens is 1. The molecule has 330 valence electrons. The van der Waals surface area contributed by atoms with E-state index in [9.17, 15) is 0 Å². The van der Waals surface area contributed by atoms with Crippen LogP contribution in [0, 0.1) is 0 Å². The van der Waals surface area contributed by atoms with Crippen molar-refractivity contribution in [3.05, 3.63) is 307 Å². The Balaban J connectivity index is 1.05. The number of hydrogen-bond donors (Lipinski definition) is 0. The van der Waals surface area contributed by atoms with E-state index >= 15 is 0 Å². The summed E-state index contributed by atoms with van der Waals surface area (Å²) in [5.74, 6) is 0. The lowest BCUT2D eigenvalue weighted by Crippen LogP contribution is -2.37. The van der Waals surface area contributed by atoms with Crippen LogP contribution in [0.15, 0.2) is 285 Å². The predicted octanol–water partition coefficient (Wildman–Crippen LogP) is 17.8. The summed E-state index contributed by atoms with van der Waals surface area (Å²) in [4.78, 5) is 4.91. The maximum atomic E-state index is 2.47. The van der Waals surface area contributed by atoms with Crippen LogP contribution in [0.1, 0.15) is 22.3 Å². The molecule has 70 heavy (non-hydrogen) atoms. The predicted molar refractivity (Wildman–Crippen MR) is 293 cm³/mol. The fourth-order valence-corrected chi connectivity index (χ4v) is 11.2. The van der Waals surface area contributed by atoms with Crippen LogP contribution in [0.2, 0.25) is 0 Å². The van der Waals surface area contributed by atoms with Crippen LogP contribution in [0.25, 0.3) is 49.7 Å². The number of fused-ring (bicyclic) bond motifs is 5. The molecule has 0 saturated heterocycles. The van der Waals surface area contributed by atoms with Gasteiger partial charge in [-0.1, -0.05) is 206 Å². The molecule has 13 rings (SSSR count). The third-order valence-electron chi connectivity index (χ3n) is 14.2. The van der Waals surface area contributed by atoms with E-state index in [2.05, 4.69) is 299 Å². The SMILES string of the molecule is c1ccc(-c2ccc(N(c3ccc4c(c3)c3ccccc3n4-c3ccccc3)c3ccccc3-c3ccc4c(c3)N(c3ccccc3)c3ccccc3C4(c3ccccc3)c3ccccc3)cc2)cc1. The summed E-state index contributed by atoms with van der Waals surface area (Å²) in [5.41, 5.74) is 19.1. The van der Waals surface area contributed by atoms with Gasteiger partial charge in [-0.05, 0) is 118 Å². The fraction of sp³-hybridized carbons (Fsp3) is 0.0149. The highest BCUT2D eigenvalue weighted by atomic mass is 15.2. The van der Waals surface area contributed by atoms with Gasteiger partial charge in [-0.3, -0.25) is 0 Å². The van der Waals surface area contributed by atoms with Crippen LogP contribution in [-0.4, -0.2) is 4.57 Å². The van der Waals surface area contributed by atoms with E-state index in [-0.39, 0.29) is 0 Å². The van der Waals surface area contributed by atoms with Gasteiger partial charge in [0.1, 0.15) is 0 Å². The molecule has 1 aromatic heterocycles. The maximum Gasteiger partial charge on any atom is 0.0742 e. The topological polar surface area (TPSA) is 11.4 Å². The van der Waals surface area contributed by atoms with Crippen LogP contribution < -0.4 is 9.80 Å². The van der Waals surface area contributed by atoms with Gasteiger partial charge in [0.15, 0.2) is 0 Å². The van der Waals surface area contributed by atoms with Gasteiger partial charge < -0.3 is 14.4 Å². The van der Waals surface area contributed by atoms with E-state index in [0.29, 0.717) is 0 Å². The van der Waals surface area contributed by atoms with E-state index in [1.165, 1.54) is 55.2 Å². The van der Waals surface area contributed by atoms with Crippen molar-refractivity contribution in [2.75, 3.05) is 9.80 Å². The number of rotatable bonds is 9. The van der Waals surface area contributed by atoms with E-state index in [4.69, 9.17) is 0 Å². The van der Waals surface area contributed by atoms with E-state index in [0.717, 1.165) is 50.9 Å². The molecule has 0 amide bonds. The number of hydrogen-bond acceptors (Lipinski definition) is 2. The fourth-order valence-electron chi connectivity index (χ4n) is 11.2. The average Bonchev–Trinajstić information content (AvgIpc) is 3.77. The van der Waals surface area contributed by atoms with E-state index in [1.54, 1.807) is 0 Å².